The molecule has 3 heteroatoms. The van der Waals surface area contributed by atoms with Gasteiger partial charge in [-0.15, -0.1) is 0 Å². The molecule has 0 radical (unpaired) electrons. The highest BCUT2D eigenvalue weighted by atomic mass is 79.9. The van der Waals surface area contributed by atoms with Crippen LogP contribution in [0.1, 0.15) is 24.8 Å². The summed E-state index contributed by atoms with van der Waals surface area (Å²) >= 11 is 3.56. The predicted molar refractivity (Wildman–Crippen MR) is 68.1 cm³/mol. The molecule has 1 fully saturated rings. The van der Waals surface area contributed by atoms with Gasteiger partial charge in [-0.25, -0.2) is 0 Å². The number of hydrogen-bond donors (Lipinski definition) is 2. The minimum atomic E-state index is 0.149. The summed E-state index contributed by atoms with van der Waals surface area (Å²) in [5.41, 5.74) is 8.41. The number of hydrogen-bond acceptors (Lipinski definition) is 2. The van der Waals surface area contributed by atoms with Gasteiger partial charge in [0, 0.05) is 22.2 Å². The molecule has 2 rings (SSSR count). The van der Waals surface area contributed by atoms with Crippen molar-refractivity contribution in [1.29, 1.82) is 0 Å². The van der Waals surface area contributed by atoms with Crippen LogP contribution < -0.4 is 11.1 Å². The van der Waals surface area contributed by atoms with Crippen LogP contribution in [0.3, 0.4) is 0 Å². The summed E-state index contributed by atoms with van der Waals surface area (Å²) in [6.07, 6.45) is 3.65. The second-order valence-electron chi connectivity index (χ2n) is 4.45. The lowest BCUT2D eigenvalue weighted by molar-refractivity contribution is 0.287. The number of rotatable bonds is 3. The van der Waals surface area contributed by atoms with Gasteiger partial charge in [-0.3, -0.25) is 0 Å². The third-order valence-electron chi connectivity index (χ3n) is 3.22. The zero-order valence-corrected chi connectivity index (χ0v) is 10.6. The fraction of sp³-hybridized carbons (Fsp3) is 0.500. The maximum absolute atomic E-state index is 5.83. The Morgan fingerprint density at radius 1 is 1.47 bits per heavy atom. The van der Waals surface area contributed by atoms with Crippen LogP contribution in [0.15, 0.2) is 22.7 Å². The molecule has 2 nitrogen and oxygen atoms in total. The van der Waals surface area contributed by atoms with E-state index in [0.717, 1.165) is 4.47 Å². The van der Waals surface area contributed by atoms with Gasteiger partial charge in [-0.1, -0.05) is 6.07 Å². The predicted octanol–water partition coefficient (Wildman–Crippen LogP) is 3.05. The van der Waals surface area contributed by atoms with Crippen LogP contribution in [0, 0.1) is 6.92 Å². The topological polar surface area (TPSA) is 38.0 Å². The molecule has 0 heterocycles. The molecule has 0 amide bonds. The summed E-state index contributed by atoms with van der Waals surface area (Å²) in [6.45, 7) is 2.82. The van der Waals surface area contributed by atoms with E-state index in [1.54, 1.807) is 0 Å². The van der Waals surface area contributed by atoms with Gasteiger partial charge in [-0.05, 0) is 59.8 Å². The van der Waals surface area contributed by atoms with Crippen molar-refractivity contribution in [2.75, 3.05) is 11.9 Å². The van der Waals surface area contributed by atoms with Crippen molar-refractivity contribution in [3.8, 4) is 0 Å². The molecule has 0 aliphatic heterocycles. The molecule has 3 N–H and O–H groups in total. The molecule has 0 atom stereocenters. The van der Waals surface area contributed by atoms with Crippen LogP contribution in [0.5, 0.6) is 0 Å². The molecule has 0 spiro atoms. The Labute approximate surface area is 99.4 Å². The summed E-state index contributed by atoms with van der Waals surface area (Å²) in [4.78, 5) is 0. The van der Waals surface area contributed by atoms with Gasteiger partial charge >= 0.3 is 0 Å². The van der Waals surface area contributed by atoms with E-state index >= 15 is 0 Å². The molecule has 0 saturated heterocycles. The lowest BCUT2D eigenvalue weighted by atomic mass is 9.76. The zero-order chi connectivity index (χ0) is 10.9. The fourth-order valence-electron chi connectivity index (χ4n) is 2.00. The second kappa shape index (κ2) is 4.14. The molecule has 0 bridgehead atoms. The van der Waals surface area contributed by atoms with Crippen molar-refractivity contribution >= 4 is 21.6 Å². The van der Waals surface area contributed by atoms with Gasteiger partial charge in [0.1, 0.15) is 0 Å². The van der Waals surface area contributed by atoms with Gasteiger partial charge in [0.2, 0.25) is 0 Å². The lowest BCUT2D eigenvalue weighted by Crippen LogP contribution is -2.51. The molecule has 0 aromatic heterocycles. The van der Waals surface area contributed by atoms with Crippen LogP contribution in [-0.4, -0.2) is 12.1 Å². The fourth-order valence-corrected chi connectivity index (χ4v) is 2.35. The van der Waals surface area contributed by atoms with E-state index in [0.29, 0.717) is 6.54 Å². The third kappa shape index (κ3) is 2.18. The van der Waals surface area contributed by atoms with Gasteiger partial charge in [0.25, 0.3) is 0 Å². The number of nitrogens with one attached hydrogen (secondary N) is 1. The van der Waals surface area contributed by atoms with E-state index in [1.807, 2.05) is 0 Å². The first-order valence-electron chi connectivity index (χ1n) is 5.40. The van der Waals surface area contributed by atoms with E-state index in [4.69, 9.17) is 5.73 Å². The molecule has 1 aromatic carbocycles. The first kappa shape index (κ1) is 11.0. The largest absolute Gasteiger partial charge is 0.377 e. The Morgan fingerprint density at radius 3 is 2.73 bits per heavy atom. The molecule has 1 aliphatic carbocycles. The Hall–Kier alpha value is -0.540. The average Bonchev–Trinajstić information content (AvgIpc) is 2.17. The molecular formula is C12H17BrN2. The standard InChI is InChI=1S/C12H17BrN2/c1-9-3-4-10(13)11(7-9)15-12(8-14)5-2-6-12/h3-4,7,15H,2,5-6,8,14H2,1H3. The minimum absolute atomic E-state index is 0.149. The van der Waals surface area contributed by atoms with Crippen molar-refractivity contribution in [1.82, 2.24) is 0 Å². The summed E-state index contributed by atoms with van der Waals surface area (Å²) in [7, 11) is 0. The average molecular weight is 269 g/mol. The number of nitrogens with two attached hydrogens (primary N) is 1. The Balaban J connectivity index is 2.19. The molecule has 15 heavy (non-hydrogen) atoms. The second-order valence-corrected chi connectivity index (χ2v) is 5.30. The Morgan fingerprint density at radius 2 is 2.20 bits per heavy atom. The maximum Gasteiger partial charge on any atom is 0.0496 e. The highest BCUT2D eigenvalue weighted by molar-refractivity contribution is 9.10. The van der Waals surface area contributed by atoms with E-state index in [9.17, 15) is 0 Å². The van der Waals surface area contributed by atoms with Crippen LogP contribution in [0.25, 0.3) is 0 Å². The molecular weight excluding hydrogens is 252 g/mol. The quantitative estimate of drug-likeness (QED) is 0.885. The summed E-state index contributed by atoms with van der Waals surface area (Å²) in [5.74, 6) is 0. The van der Waals surface area contributed by atoms with Gasteiger partial charge in [-0.2, -0.15) is 0 Å². The SMILES string of the molecule is Cc1ccc(Br)c(NC2(CN)CCC2)c1. The van der Waals surface area contributed by atoms with Gasteiger partial charge in [0.15, 0.2) is 0 Å². The van der Waals surface area contributed by atoms with Crippen LogP contribution >= 0.6 is 15.9 Å². The smallest absolute Gasteiger partial charge is 0.0496 e. The van der Waals surface area contributed by atoms with E-state index in [1.165, 1.54) is 30.5 Å². The lowest BCUT2D eigenvalue weighted by Gasteiger charge is -2.42. The van der Waals surface area contributed by atoms with Crippen molar-refractivity contribution in [3.63, 3.8) is 0 Å². The molecule has 82 valence electrons. The highest BCUT2D eigenvalue weighted by Gasteiger charge is 2.35. The highest BCUT2D eigenvalue weighted by Crippen LogP contribution is 2.36. The molecule has 1 saturated carbocycles. The number of benzene rings is 1. The summed E-state index contributed by atoms with van der Waals surface area (Å²) < 4.78 is 1.12. The van der Waals surface area contributed by atoms with Crippen molar-refractivity contribution in [3.05, 3.63) is 28.2 Å². The van der Waals surface area contributed by atoms with Crippen LogP contribution in [0.2, 0.25) is 0 Å². The Bertz CT molecular complexity index is 353. The van der Waals surface area contributed by atoms with Crippen LogP contribution in [0.4, 0.5) is 5.69 Å². The molecule has 0 unspecified atom stereocenters. The number of aryl methyl sites for hydroxylation is 1. The normalized spacial score (nSPS) is 18.3. The molecule has 1 aliphatic rings. The summed E-state index contributed by atoms with van der Waals surface area (Å²) in [5, 5.41) is 3.58. The summed E-state index contributed by atoms with van der Waals surface area (Å²) in [6, 6.07) is 6.35. The van der Waals surface area contributed by atoms with Crippen molar-refractivity contribution in [2.24, 2.45) is 5.73 Å². The third-order valence-corrected chi connectivity index (χ3v) is 3.91. The molecule has 1 aromatic rings. The first-order valence-corrected chi connectivity index (χ1v) is 6.19. The van der Waals surface area contributed by atoms with Crippen molar-refractivity contribution in [2.45, 2.75) is 31.7 Å². The van der Waals surface area contributed by atoms with Crippen molar-refractivity contribution < 1.29 is 0 Å². The number of anilines is 1. The van der Waals surface area contributed by atoms with E-state index in [2.05, 4.69) is 46.4 Å². The zero-order valence-electron chi connectivity index (χ0n) is 9.02. The monoisotopic (exact) mass is 268 g/mol. The van der Waals surface area contributed by atoms with E-state index in [-0.39, 0.29) is 5.54 Å². The van der Waals surface area contributed by atoms with Gasteiger partial charge < -0.3 is 11.1 Å². The van der Waals surface area contributed by atoms with E-state index < -0.39 is 0 Å². The van der Waals surface area contributed by atoms with Crippen LogP contribution in [-0.2, 0) is 0 Å². The number of halogens is 1. The maximum atomic E-state index is 5.83. The first-order chi connectivity index (χ1) is 7.15. The minimum Gasteiger partial charge on any atom is -0.377 e. The van der Waals surface area contributed by atoms with Gasteiger partial charge in [0.05, 0.1) is 0 Å². The Kier molecular flexibility index (Phi) is 3.03.